The van der Waals surface area contributed by atoms with Crippen LogP contribution in [0.2, 0.25) is 0 Å². The lowest BCUT2D eigenvalue weighted by Crippen LogP contribution is -2.39. The molecule has 1 aliphatic rings. The maximum Gasteiger partial charge on any atom is 0.319 e. The number of nitrogens with one attached hydrogen (secondary N) is 2. The molecular formula is C16H23N3O3S. The number of methoxy groups -OCH3 is 1. The molecule has 2 N–H and O–H groups in total. The van der Waals surface area contributed by atoms with Crippen molar-refractivity contribution in [3.8, 4) is 0 Å². The van der Waals surface area contributed by atoms with Crippen LogP contribution < -0.4 is 10.6 Å². The molecule has 23 heavy (non-hydrogen) atoms. The third-order valence-electron chi connectivity index (χ3n) is 3.46. The molecule has 0 saturated carbocycles. The van der Waals surface area contributed by atoms with Gasteiger partial charge in [-0.2, -0.15) is 11.8 Å². The van der Waals surface area contributed by atoms with E-state index >= 15 is 0 Å². The maximum absolute atomic E-state index is 12.5. The summed E-state index contributed by atoms with van der Waals surface area (Å²) in [5.74, 6) is 1.97. The number of amides is 3. The van der Waals surface area contributed by atoms with Crippen molar-refractivity contribution in [3.63, 3.8) is 0 Å². The normalized spacial score (nSPS) is 15.8. The van der Waals surface area contributed by atoms with Crippen LogP contribution in [0.15, 0.2) is 24.3 Å². The van der Waals surface area contributed by atoms with E-state index in [1.54, 1.807) is 31.4 Å². The maximum atomic E-state index is 12.5. The third-order valence-corrected chi connectivity index (χ3v) is 4.40. The smallest absolute Gasteiger partial charge is 0.319 e. The lowest BCUT2D eigenvalue weighted by atomic mass is 10.1. The van der Waals surface area contributed by atoms with Gasteiger partial charge in [0, 0.05) is 43.0 Å². The number of thioether (sulfide) groups is 1. The molecule has 0 aromatic heterocycles. The summed E-state index contributed by atoms with van der Waals surface area (Å²) in [5, 5.41) is 5.52. The summed E-state index contributed by atoms with van der Waals surface area (Å²) in [7, 11) is 1.59. The number of hydrogen-bond acceptors (Lipinski definition) is 4. The van der Waals surface area contributed by atoms with E-state index in [2.05, 4.69) is 10.6 Å². The van der Waals surface area contributed by atoms with Crippen molar-refractivity contribution in [1.82, 2.24) is 10.2 Å². The van der Waals surface area contributed by atoms with Crippen LogP contribution in [-0.4, -0.2) is 61.2 Å². The van der Waals surface area contributed by atoms with Crippen LogP contribution in [0.5, 0.6) is 0 Å². The first-order valence-corrected chi connectivity index (χ1v) is 8.79. The minimum absolute atomic E-state index is 0.0158. The van der Waals surface area contributed by atoms with Gasteiger partial charge < -0.3 is 20.3 Å². The Morgan fingerprint density at radius 1 is 1.35 bits per heavy atom. The molecule has 1 saturated heterocycles. The molecule has 0 aliphatic carbocycles. The fraction of sp³-hybridized carbons (Fsp3) is 0.500. The number of ether oxygens (including phenoxy) is 1. The summed E-state index contributed by atoms with van der Waals surface area (Å²) < 4.78 is 4.98. The molecule has 1 aromatic carbocycles. The van der Waals surface area contributed by atoms with E-state index in [0.29, 0.717) is 17.9 Å². The Bertz CT molecular complexity index is 547. The van der Waals surface area contributed by atoms with E-state index in [4.69, 9.17) is 4.74 Å². The molecule has 0 spiro atoms. The number of hydrogen-bond donors (Lipinski definition) is 2. The van der Waals surface area contributed by atoms with Crippen LogP contribution in [-0.2, 0) is 4.74 Å². The second kappa shape index (κ2) is 8.79. The second-order valence-electron chi connectivity index (χ2n) is 5.44. The van der Waals surface area contributed by atoms with Gasteiger partial charge in [0.25, 0.3) is 5.91 Å². The summed E-state index contributed by atoms with van der Waals surface area (Å²) in [5.41, 5.74) is 1.20. The van der Waals surface area contributed by atoms with Gasteiger partial charge in [0.1, 0.15) is 0 Å². The summed E-state index contributed by atoms with van der Waals surface area (Å²) in [6.07, 6.45) is 0. The molecule has 7 heteroatoms. The second-order valence-corrected chi connectivity index (χ2v) is 6.66. The Morgan fingerprint density at radius 3 is 2.78 bits per heavy atom. The summed E-state index contributed by atoms with van der Waals surface area (Å²) >= 11 is 1.86. The molecule has 0 unspecified atom stereocenters. The first-order valence-electron chi connectivity index (χ1n) is 7.63. The van der Waals surface area contributed by atoms with Gasteiger partial charge in [0.05, 0.1) is 12.6 Å². The molecule has 3 amide bonds. The van der Waals surface area contributed by atoms with E-state index < -0.39 is 0 Å². The van der Waals surface area contributed by atoms with Gasteiger partial charge in [-0.05, 0) is 25.1 Å². The quantitative estimate of drug-likeness (QED) is 0.862. The van der Waals surface area contributed by atoms with E-state index in [1.165, 1.54) is 0 Å². The number of benzene rings is 1. The Hall–Kier alpha value is -1.73. The fourth-order valence-corrected chi connectivity index (χ4v) is 3.26. The number of carbonyl (C=O) groups excluding carboxylic acids is 2. The van der Waals surface area contributed by atoms with Crippen LogP contribution in [0, 0.1) is 0 Å². The number of nitrogens with zero attached hydrogens (tertiary/aromatic N) is 1. The van der Waals surface area contributed by atoms with Crippen molar-refractivity contribution in [1.29, 1.82) is 0 Å². The van der Waals surface area contributed by atoms with Crippen LogP contribution in [0.4, 0.5) is 10.5 Å². The highest BCUT2D eigenvalue weighted by atomic mass is 32.2. The lowest BCUT2D eigenvalue weighted by molar-refractivity contribution is 0.0772. The zero-order valence-electron chi connectivity index (χ0n) is 13.5. The minimum atomic E-state index is -0.312. The first-order chi connectivity index (χ1) is 11.1. The topological polar surface area (TPSA) is 70.7 Å². The standard InChI is InChI=1S/C16H23N3O3S/c1-12(11-22-2)17-16(21)18-14-5-3-4-13(10-14)15(20)19-6-8-23-9-7-19/h3-5,10,12H,6-9,11H2,1-2H3,(H2,17,18,21)/t12-/m1/s1. The highest BCUT2D eigenvalue weighted by Gasteiger charge is 2.18. The molecule has 1 fully saturated rings. The number of urea groups is 1. The molecule has 126 valence electrons. The number of anilines is 1. The Morgan fingerprint density at radius 2 is 2.09 bits per heavy atom. The van der Waals surface area contributed by atoms with Crippen molar-refractivity contribution in [3.05, 3.63) is 29.8 Å². The average molecular weight is 337 g/mol. The summed E-state index contributed by atoms with van der Waals surface area (Å²) in [4.78, 5) is 26.2. The van der Waals surface area contributed by atoms with Gasteiger partial charge in [-0.1, -0.05) is 6.07 Å². The Kier molecular flexibility index (Phi) is 6.73. The summed E-state index contributed by atoms with van der Waals surface area (Å²) in [6.45, 7) is 3.85. The third kappa shape index (κ3) is 5.44. The highest BCUT2D eigenvalue weighted by molar-refractivity contribution is 7.99. The van der Waals surface area contributed by atoms with Gasteiger partial charge in [-0.15, -0.1) is 0 Å². The molecule has 2 rings (SSSR count). The molecule has 0 radical (unpaired) electrons. The van der Waals surface area contributed by atoms with Gasteiger partial charge in [0.2, 0.25) is 0 Å². The molecule has 6 nitrogen and oxygen atoms in total. The zero-order chi connectivity index (χ0) is 16.7. The Labute approximate surface area is 140 Å². The average Bonchev–Trinajstić information content (AvgIpc) is 2.55. The number of rotatable bonds is 5. The number of carbonyl (C=O) groups is 2. The predicted octanol–water partition coefficient (Wildman–Crippen LogP) is 2.03. The molecule has 1 aliphatic heterocycles. The van der Waals surface area contributed by atoms with Crippen molar-refractivity contribution in [2.75, 3.05) is 43.6 Å². The lowest BCUT2D eigenvalue weighted by Gasteiger charge is -2.26. The van der Waals surface area contributed by atoms with E-state index in [9.17, 15) is 9.59 Å². The van der Waals surface area contributed by atoms with E-state index in [1.807, 2.05) is 23.6 Å². The SMILES string of the molecule is COC[C@@H](C)NC(=O)Nc1cccc(C(=O)N2CCSCC2)c1. The molecule has 1 aromatic rings. The van der Waals surface area contributed by atoms with Gasteiger partial charge in [-0.25, -0.2) is 4.79 Å². The van der Waals surface area contributed by atoms with Gasteiger partial charge >= 0.3 is 6.03 Å². The van der Waals surface area contributed by atoms with Crippen molar-refractivity contribution in [2.24, 2.45) is 0 Å². The Balaban J connectivity index is 1.96. The molecular weight excluding hydrogens is 314 g/mol. The van der Waals surface area contributed by atoms with Crippen LogP contribution in [0.1, 0.15) is 17.3 Å². The van der Waals surface area contributed by atoms with Crippen molar-refractivity contribution >= 4 is 29.4 Å². The van der Waals surface area contributed by atoms with Crippen LogP contribution in [0.3, 0.4) is 0 Å². The monoisotopic (exact) mass is 337 g/mol. The first kappa shape index (κ1) is 17.6. The van der Waals surface area contributed by atoms with Gasteiger partial charge in [-0.3, -0.25) is 4.79 Å². The summed E-state index contributed by atoms with van der Waals surface area (Å²) in [6, 6.07) is 6.64. The molecule has 0 bridgehead atoms. The largest absolute Gasteiger partial charge is 0.383 e. The minimum Gasteiger partial charge on any atom is -0.383 e. The zero-order valence-corrected chi connectivity index (χ0v) is 14.3. The molecule has 1 atom stereocenters. The van der Waals surface area contributed by atoms with Crippen molar-refractivity contribution < 1.29 is 14.3 Å². The van der Waals surface area contributed by atoms with Crippen LogP contribution in [0.25, 0.3) is 0 Å². The van der Waals surface area contributed by atoms with E-state index in [-0.39, 0.29) is 18.0 Å². The van der Waals surface area contributed by atoms with Gasteiger partial charge in [0.15, 0.2) is 0 Å². The fourth-order valence-electron chi connectivity index (χ4n) is 2.36. The highest BCUT2D eigenvalue weighted by Crippen LogP contribution is 2.16. The molecule has 1 heterocycles. The van der Waals surface area contributed by atoms with Crippen LogP contribution >= 0.6 is 11.8 Å². The van der Waals surface area contributed by atoms with E-state index in [0.717, 1.165) is 24.6 Å². The van der Waals surface area contributed by atoms with Crippen molar-refractivity contribution in [2.45, 2.75) is 13.0 Å². The predicted molar refractivity (Wildman–Crippen MR) is 93.2 cm³/mol.